The lowest BCUT2D eigenvalue weighted by atomic mass is 9.98. The zero-order chi connectivity index (χ0) is 31.5. The number of alkyl carbamates (subject to hydrolysis) is 1. The van der Waals surface area contributed by atoms with Gasteiger partial charge < -0.3 is 25.4 Å². The third-order valence-corrected chi connectivity index (χ3v) is 7.71. The number of halogens is 1. The summed E-state index contributed by atoms with van der Waals surface area (Å²) in [5.41, 5.74) is 2.80. The van der Waals surface area contributed by atoms with Crippen LogP contribution in [0.15, 0.2) is 66.7 Å². The lowest BCUT2D eigenvalue weighted by Gasteiger charge is -2.35. The van der Waals surface area contributed by atoms with Crippen molar-refractivity contribution >= 4 is 35.2 Å². The van der Waals surface area contributed by atoms with E-state index in [0.717, 1.165) is 16.7 Å². The highest BCUT2D eigenvalue weighted by Gasteiger charge is 2.48. The largest absolute Gasteiger partial charge is 0.508 e. The second-order valence-corrected chi connectivity index (χ2v) is 12.7. The van der Waals surface area contributed by atoms with Gasteiger partial charge in [-0.2, -0.15) is 0 Å². The molecule has 3 amide bonds. The molecule has 8 nitrogen and oxygen atoms in total. The van der Waals surface area contributed by atoms with E-state index in [1.54, 1.807) is 43.9 Å². The van der Waals surface area contributed by atoms with Gasteiger partial charge in [0.25, 0.3) is 5.91 Å². The molecule has 43 heavy (non-hydrogen) atoms. The SMILES string of the molecule is Cc1cccc(C(C(=O)Nc2c(C)cccc2Cl)N(C(=O)C(Cc2ccc(O)cc2)NC(=O)OC(C)(C)C)C2CC2C)c1. The van der Waals surface area contributed by atoms with E-state index in [-0.39, 0.29) is 24.1 Å². The standard InChI is InChI=1S/C34H40ClN3O5/c1-20-9-7-11-24(17-20)30(31(40)37-29-21(2)10-8-12-26(29)35)38(28-18-22(28)3)32(41)27(36-33(42)43-34(4,5)6)19-23-13-15-25(39)16-14-23/h7-17,22,27-28,30,39H,18-19H2,1-6H3,(H,36,42)(H,37,40). The molecule has 0 bridgehead atoms. The predicted octanol–water partition coefficient (Wildman–Crippen LogP) is 6.72. The Morgan fingerprint density at radius 3 is 2.28 bits per heavy atom. The van der Waals surface area contributed by atoms with Crippen LogP contribution in [0, 0.1) is 19.8 Å². The lowest BCUT2D eigenvalue weighted by Crippen LogP contribution is -2.54. The minimum atomic E-state index is -1.05. The summed E-state index contributed by atoms with van der Waals surface area (Å²) >= 11 is 6.48. The molecule has 9 heteroatoms. The molecule has 3 aromatic rings. The van der Waals surface area contributed by atoms with Crippen LogP contribution < -0.4 is 10.6 Å². The highest BCUT2D eigenvalue weighted by atomic mass is 35.5. The number of hydrogen-bond acceptors (Lipinski definition) is 5. The number of ether oxygens (including phenoxy) is 1. The normalized spacial score (nSPS) is 17.4. The summed E-state index contributed by atoms with van der Waals surface area (Å²) in [5.74, 6) is -0.575. The van der Waals surface area contributed by atoms with Crippen molar-refractivity contribution in [3.63, 3.8) is 0 Å². The van der Waals surface area contributed by atoms with Gasteiger partial charge in [-0.05, 0) is 81.8 Å². The number of aryl methyl sites for hydroxylation is 2. The van der Waals surface area contributed by atoms with Crippen molar-refractivity contribution in [2.75, 3.05) is 5.32 Å². The predicted molar refractivity (Wildman–Crippen MR) is 168 cm³/mol. The zero-order valence-electron chi connectivity index (χ0n) is 25.5. The van der Waals surface area contributed by atoms with Gasteiger partial charge in [0.2, 0.25) is 5.91 Å². The molecule has 3 N–H and O–H groups in total. The number of carbonyl (C=O) groups excluding carboxylic acids is 3. The molecule has 4 atom stereocenters. The minimum absolute atomic E-state index is 0.0891. The summed E-state index contributed by atoms with van der Waals surface area (Å²) in [5, 5.41) is 16.0. The van der Waals surface area contributed by atoms with Gasteiger partial charge in [-0.1, -0.05) is 72.6 Å². The average molecular weight is 606 g/mol. The van der Waals surface area contributed by atoms with Crippen molar-refractivity contribution in [2.45, 2.75) is 78.1 Å². The van der Waals surface area contributed by atoms with Gasteiger partial charge in [-0.25, -0.2) is 4.79 Å². The number of aromatic hydroxyl groups is 1. The number of nitrogens with zero attached hydrogens (tertiary/aromatic N) is 1. The van der Waals surface area contributed by atoms with Gasteiger partial charge in [0.05, 0.1) is 10.7 Å². The second-order valence-electron chi connectivity index (χ2n) is 12.3. The van der Waals surface area contributed by atoms with Gasteiger partial charge in [-0.3, -0.25) is 9.59 Å². The first-order valence-electron chi connectivity index (χ1n) is 14.5. The molecule has 228 valence electrons. The molecule has 0 heterocycles. The molecule has 0 aromatic heterocycles. The monoisotopic (exact) mass is 605 g/mol. The van der Waals surface area contributed by atoms with Gasteiger partial charge in [0.15, 0.2) is 0 Å². The molecule has 1 aliphatic rings. The van der Waals surface area contributed by atoms with E-state index in [1.165, 1.54) is 12.1 Å². The van der Waals surface area contributed by atoms with E-state index in [4.69, 9.17) is 16.3 Å². The average Bonchev–Trinajstić information content (AvgIpc) is 3.64. The Morgan fingerprint density at radius 2 is 1.70 bits per heavy atom. The Bertz CT molecular complexity index is 1460. The smallest absolute Gasteiger partial charge is 0.408 e. The van der Waals surface area contributed by atoms with Gasteiger partial charge in [-0.15, -0.1) is 0 Å². The van der Waals surface area contributed by atoms with Crippen LogP contribution in [0.4, 0.5) is 10.5 Å². The van der Waals surface area contributed by atoms with Crippen LogP contribution in [0.1, 0.15) is 62.4 Å². The maximum absolute atomic E-state index is 14.6. The summed E-state index contributed by atoms with van der Waals surface area (Å²) in [6, 6.07) is 17.1. The molecule has 4 rings (SSSR count). The third kappa shape index (κ3) is 8.29. The summed E-state index contributed by atoms with van der Waals surface area (Å²) < 4.78 is 5.51. The van der Waals surface area contributed by atoms with Crippen molar-refractivity contribution < 1.29 is 24.2 Å². The number of para-hydroxylation sites is 1. The number of rotatable bonds is 9. The van der Waals surface area contributed by atoms with Crippen LogP contribution in [-0.2, 0) is 20.7 Å². The molecular weight excluding hydrogens is 566 g/mol. The minimum Gasteiger partial charge on any atom is -0.508 e. The number of hydrogen-bond donors (Lipinski definition) is 3. The molecule has 0 radical (unpaired) electrons. The first kappa shape index (κ1) is 31.9. The number of phenols is 1. The highest BCUT2D eigenvalue weighted by Crippen LogP contribution is 2.41. The Labute approximate surface area is 258 Å². The van der Waals surface area contributed by atoms with E-state index in [1.807, 2.05) is 57.2 Å². The van der Waals surface area contributed by atoms with E-state index in [2.05, 4.69) is 10.6 Å². The Morgan fingerprint density at radius 1 is 1.05 bits per heavy atom. The zero-order valence-corrected chi connectivity index (χ0v) is 26.2. The Balaban J connectivity index is 1.77. The van der Waals surface area contributed by atoms with E-state index in [0.29, 0.717) is 22.7 Å². The molecular formula is C34H40ClN3O5. The number of anilines is 1. The van der Waals surface area contributed by atoms with Gasteiger partial charge >= 0.3 is 6.09 Å². The number of amides is 3. The molecule has 4 unspecified atom stereocenters. The highest BCUT2D eigenvalue weighted by molar-refractivity contribution is 6.34. The van der Waals surface area contributed by atoms with Crippen molar-refractivity contribution in [3.8, 4) is 5.75 Å². The van der Waals surface area contributed by atoms with Crippen LogP contribution in [-0.4, -0.2) is 45.6 Å². The summed E-state index contributed by atoms with van der Waals surface area (Å²) in [7, 11) is 0. The van der Waals surface area contributed by atoms with Gasteiger partial charge in [0, 0.05) is 12.5 Å². The summed E-state index contributed by atoms with van der Waals surface area (Å²) in [6.07, 6.45) is 0.101. The van der Waals surface area contributed by atoms with Crippen molar-refractivity contribution in [3.05, 3.63) is 94.0 Å². The van der Waals surface area contributed by atoms with Crippen LogP contribution >= 0.6 is 11.6 Å². The molecule has 1 fully saturated rings. The number of benzene rings is 3. The maximum atomic E-state index is 14.6. The molecule has 1 saturated carbocycles. The van der Waals surface area contributed by atoms with Crippen LogP contribution in [0.25, 0.3) is 0 Å². The van der Waals surface area contributed by atoms with E-state index < -0.39 is 35.6 Å². The molecule has 3 aromatic carbocycles. The van der Waals surface area contributed by atoms with Crippen LogP contribution in [0.2, 0.25) is 5.02 Å². The fraction of sp³-hybridized carbons (Fsp3) is 0.382. The molecule has 0 aliphatic heterocycles. The number of nitrogens with one attached hydrogen (secondary N) is 2. The summed E-state index contributed by atoms with van der Waals surface area (Å²) in [4.78, 5) is 43.5. The molecule has 0 saturated heterocycles. The first-order valence-corrected chi connectivity index (χ1v) is 14.8. The van der Waals surface area contributed by atoms with Crippen molar-refractivity contribution in [1.82, 2.24) is 10.2 Å². The first-order chi connectivity index (χ1) is 20.2. The number of carbonyl (C=O) groups is 3. The quantitative estimate of drug-likeness (QED) is 0.251. The van der Waals surface area contributed by atoms with Crippen LogP contribution in [0.5, 0.6) is 5.75 Å². The fourth-order valence-corrected chi connectivity index (χ4v) is 5.40. The summed E-state index contributed by atoms with van der Waals surface area (Å²) in [6.45, 7) is 11.1. The maximum Gasteiger partial charge on any atom is 0.408 e. The Kier molecular flexibility index (Phi) is 9.70. The molecule has 1 aliphatic carbocycles. The molecule has 0 spiro atoms. The second kappa shape index (κ2) is 13.1. The van der Waals surface area contributed by atoms with Crippen molar-refractivity contribution in [2.24, 2.45) is 5.92 Å². The third-order valence-electron chi connectivity index (χ3n) is 7.40. The van der Waals surface area contributed by atoms with Crippen molar-refractivity contribution in [1.29, 1.82) is 0 Å². The van der Waals surface area contributed by atoms with Gasteiger partial charge in [0.1, 0.15) is 23.4 Å². The van der Waals surface area contributed by atoms with E-state index in [9.17, 15) is 19.5 Å². The topological polar surface area (TPSA) is 108 Å². The fourth-order valence-electron chi connectivity index (χ4n) is 5.13. The Hall–Kier alpha value is -4.04. The van der Waals surface area contributed by atoms with E-state index >= 15 is 0 Å². The van der Waals surface area contributed by atoms with Crippen LogP contribution in [0.3, 0.4) is 0 Å². The number of phenolic OH excluding ortho intramolecular Hbond substituents is 1. The lowest BCUT2D eigenvalue weighted by molar-refractivity contribution is -0.141.